The van der Waals surface area contributed by atoms with E-state index in [1.54, 1.807) is 11.8 Å². The van der Waals surface area contributed by atoms with Crippen LogP contribution in [0.1, 0.15) is 47.5 Å². The van der Waals surface area contributed by atoms with Crippen LogP contribution in [0.25, 0.3) is 0 Å². The first-order chi connectivity index (χ1) is 9.58. The van der Waals surface area contributed by atoms with Crippen molar-refractivity contribution in [2.24, 2.45) is 5.92 Å². The number of carbonyl (C=O) groups excluding carboxylic acids is 1. The molecule has 0 unspecified atom stereocenters. The van der Waals surface area contributed by atoms with E-state index >= 15 is 0 Å². The highest BCUT2D eigenvalue weighted by atomic mass is 16.6. The fraction of sp³-hybridized carbons (Fsp3) is 0.867. The predicted octanol–water partition coefficient (Wildman–Crippen LogP) is 2.51. The van der Waals surface area contributed by atoms with E-state index in [0.29, 0.717) is 0 Å². The second-order valence-electron chi connectivity index (χ2n) is 6.71. The summed E-state index contributed by atoms with van der Waals surface area (Å²) in [6, 6.07) is -0.255. The molecule has 0 saturated carbocycles. The van der Waals surface area contributed by atoms with Crippen LogP contribution in [0, 0.1) is 5.92 Å². The number of likely N-dealkylation sites (tertiary alicyclic amines) is 1. The molecule has 1 fully saturated rings. The van der Waals surface area contributed by atoms with Crippen molar-refractivity contribution in [3.05, 3.63) is 0 Å². The summed E-state index contributed by atoms with van der Waals surface area (Å²) in [5, 5.41) is 9.21. The number of carbonyl (C=O) groups is 2. The first kappa shape index (κ1) is 17.8. The van der Waals surface area contributed by atoms with Crippen LogP contribution in [0.2, 0.25) is 0 Å². The summed E-state index contributed by atoms with van der Waals surface area (Å²) in [5.41, 5.74) is -0.578. The van der Waals surface area contributed by atoms with Gasteiger partial charge in [0.05, 0.1) is 18.1 Å². The minimum absolute atomic E-state index is 0.0171. The van der Waals surface area contributed by atoms with Crippen molar-refractivity contribution >= 4 is 12.1 Å². The summed E-state index contributed by atoms with van der Waals surface area (Å²) in [5.74, 6) is -1.61. The topological polar surface area (TPSA) is 76.1 Å². The molecule has 1 aliphatic heterocycles. The molecule has 4 atom stereocenters. The molecule has 6 nitrogen and oxygen atoms in total. The number of aliphatic carboxylic acids is 1. The molecule has 1 N–H and O–H groups in total. The van der Waals surface area contributed by atoms with Gasteiger partial charge in [-0.05, 0) is 47.5 Å². The van der Waals surface area contributed by atoms with Crippen LogP contribution in [0.5, 0.6) is 0 Å². The molecule has 1 amide bonds. The number of ether oxygens (including phenoxy) is 2. The Labute approximate surface area is 126 Å². The molecule has 1 rings (SSSR count). The molecular formula is C15H27NO5. The number of hydrogen-bond donors (Lipinski definition) is 1. The predicted molar refractivity (Wildman–Crippen MR) is 78.2 cm³/mol. The van der Waals surface area contributed by atoms with Gasteiger partial charge in [-0.1, -0.05) is 0 Å². The van der Waals surface area contributed by atoms with E-state index in [-0.39, 0.29) is 12.1 Å². The molecule has 0 aromatic heterocycles. The van der Waals surface area contributed by atoms with E-state index in [2.05, 4.69) is 0 Å². The highest BCUT2D eigenvalue weighted by Gasteiger charge is 2.44. The number of carboxylic acid groups (broad SMARTS) is 1. The van der Waals surface area contributed by atoms with Gasteiger partial charge in [0.15, 0.2) is 0 Å². The summed E-state index contributed by atoms with van der Waals surface area (Å²) < 4.78 is 10.8. The lowest BCUT2D eigenvalue weighted by atomic mass is 9.96. The Morgan fingerprint density at radius 2 is 1.86 bits per heavy atom. The molecule has 0 radical (unpaired) electrons. The Balaban J connectivity index is 2.94. The number of hydrogen-bond acceptors (Lipinski definition) is 4. The smallest absolute Gasteiger partial charge is 0.410 e. The summed E-state index contributed by atoms with van der Waals surface area (Å²) in [7, 11) is 1.49. The third-order valence-corrected chi connectivity index (χ3v) is 3.85. The summed E-state index contributed by atoms with van der Waals surface area (Å²) in [6.07, 6.45) is 0.587. The lowest BCUT2D eigenvalue weighted by Crippen LogP contribution is -2.51. The van der Waals surface area contributed by atoms with Gasteiger partial charge >= 0.3 is 12.1 Å². The van der Waals surface area contributed by atoms with Gasteiger partial charge in [-0.25, -0.2) is 4.79 Å². The van der Waals surface area contributed by atoms with Crippen molar-refractivity contribution in [3.8, 4) is 0 Å². The molecule has 6 heteroatoms. The number of nitrogens with zero attached hydrogens (tertiary/aromatic N) is 1. The average Bonchev–Trinajstić information content (AvgIpc) is 2.69. The molecule has 0 aliphatic carbocycles. The van der Waals surface area contributed by atoms with Gasteiger partial charge in [0.25, 0.3) is 0 Å². The molecule has 0 aromatic rings. The Bertz CT molecular complexity index is 390. The van der Waals surface area contributed by atoms with E-state index in [0.717, 1.165) is 12.8 Å². The summed E-state index contributed by atoms with van der Waals surface area (Å²) >= 11 is 0. The van der Waals surface area contributed by atoms with E-state index in [1.807, 2.05) is 27.7 Å². The SMILES string of the molecule is CO[C@H]([C@@H](C)C(=O)O)[C@@H]1CC[C@H](C)N1C(=O)OC(C)(C)C. The Morgan fingerprint density at radius 1 is 1.29 bits per heavy atom. The van der Waals surface area contributed by atoms with E-state index < -0.39 is 29.7 Å². The van der Waals surface area contributed by atoms with Gasteiger partial charge in [-0.2, -0.15) is 0 Å². The molecular weight excluding hydrogens is 274 g/mol. The normalized spacial score (nSPS) is 25.5. The second-order valence-corrected chi connectivity index (χ2v) is 6.71. The van der Waals surface area contributed by atoms with Gasteiger partial charge in [0.1, 0.15) is 5.60 Å². The van der Waals surface area contributed by atoms with E-state index in [9.17, 15) is 14.7 Å². The lowest BCUT2D eigenvalue weighted by Gasteiger charge is -2.36. The molecule has 0 bridgehead atoms. The van der Waals surface area contributed by atoms with E-state index in [1.165, 1.54) is 7.11 Å². The molecule has 0 aromatic carbocycles. The van der Waals surface area contributed by atoms with Crippen LogP contribution in [-0.4, -0.2) is 53.0 Å². The first-order valence-corrected chi connectivity index (χ1v) is 7.35. The minimum Gasteiger partial charge on any atom is -0.481 e. The van der Waals surface area contributed by atoms with Crippen molar-refractivity contribution in [2.45, 2.75) is 71.2 Å². The molecule has 1 heterocycles. The van der Waals surface area contributed by atoms with Gasteiger partial charge in [-0.15, -0.1) is 0 Å². The minimum atomic E-state index is -0.925. The van der Waals surface area contributed by atoms with Crippen molar-refractivity contribution in [1.82, 2.24) is 4.90 Å². The van der Waals surface area contributed by atoms with Crippen LogP contribution in [-0.2, 0) is 14.3 Å². The molecule has 0 spiro atoms. The number of amides is 1. The van der Waals surface area contributed by atoms with Gasteiger partial charge in [0.2, 0.25) is 0 Å². The van der Waals surface area contributed by atoms with Crippen molar-refractivity contribution in [3.63, 3.8) is 0 Å². The maximum Gasteiger partial charge on any atom is 0.410 e. The van der Waals surface area contributed by atoms with Crippen molar-refractivity contribution < 1.29 is 24.2 Å². The van der Waals surface area contributed by atoms with Crippen LogP contribution >= 0.6 is 0 Å². The third-order valence-electron chi connectivity index (χ3n) is 3.85. The highest BCUT2D eigenvalue weighted by molar-refractivity contribution is 5.72. The van der Waals surface area contributed by atoms with Crippen LogP contribution in [0.4, 0.5) is 4.79 Å². The van der Waals surface area contributed by atoms with Gasteiger partial charge < -0.3 is 14.6 Å². The largest absolute Gasteiger partial charge is 0.481 e. The van der Waals surface area contributed by atoms with Crippen LogP contribution in [0.15, 0.2) is 0 Å². The fourth-order valence-corrected chi connectivity index (χ4v) is 2.80. The summed E-state index contributed by atoms with van der Waals surface area (Å²) in [4.78, 5) is 25.3. The zero-order valence-electron chi connectivity index (χ0n) is 13.8. The number of rotatable bonds is 4. The quantitative estimate of drug-likeness (QED) is 0.863. The second kappa shape index (κ2) is 6.64. The first-order valence-electron chi connectivity index (χ1n) is 7.35. The zero-order chi connectivity index (χ0) is 16.4. The fourth-order valence-electron chi connectivity index (χ4n) is 2.80. The monoisotopic (exact) mass is 301 g/mol. The Kier molecular flexibility index (Phi) is 5.61. The van der Waals surface area contributed by atoms with Gasteiger partial charge in [-0.3, -0.25) is 9.69 Å². The highest BCUT2D eigenvalue weighted by Crippen LogP contribution is 2.31. The van der Waals surface area contributed by atoms with E-state index in [4.69, 9.17) is 9.47 Å². The summed E-state index contributed by atoms with van der Waals surface area (Å²) in [6.45, 7) is 8.99. The Hall–Kier alpha value is -1.30. The maximum atomic E-state index is 12.4. The van der Waals surface area contributed by atoms with Gasteiger partial charge in [0, 0.05) is 13.2 Å². The average molecular weight is 301 g/mol. The maximum absolute atomic E-state index is 12.4. The number of carboxylic acids is 1. The lowest BCUT2D eigenvalue weighted by molar-refractivity contribution is -0.147. The molecule has 1 saturated heterocycles. The molecule has 122 valence electrons. The van der Waals surface area contributed by atoms with Crippen molar-refractivity contribution in [2.75, 3.05) is 7.11 Å². The number of methoxy groups -OCH3 is 1. The third kappa shape index (κ3) is 4.33. The standard InChI is InChI=1S/C15H27NO5/c1-9-7-8-11(12(20-6)10(2)13(17)18)16(9)14(19)21-15(3,4)5/h9-12H,7-8H2,1-6H3,(H,17,18)/t9-,10+,11-,12+/m0/s1. The molecule has 21 heavy (non-hydrogen) atoms. The van der Waals surface area contributed by atoms with Crippen LogP contribution in [0.3, 0.4) is 0 Å². The zero-order valence-corrected chi connectivity index (χ0v) is 13.8. The Morgan fingerprint density at radius 3 is 2.29 bits per heavy atom. The van der Waals surface area contributed by atoms with Crippen molar-refractivity contribution in [1.29, 1.82) is 0 Å². The molecule has 1 aliphatic rings. The van der Waals surface area contributed by atoms with Crippen LogP contribution < -0.4 is 0 Å².